The summed E-state index contributed by atoms with van der Waals surface area (Å²) in [6, 6.07) is 15.3. The Morgan fingerprint density at radius 2 is 1.81 bits per heavy atom. The van der Waals surface area contributed by atoms with Gasteiger partial charge in [0.05, 0.1) is 5.39 Å². The van der Waals surface area contributed by atoms with Gasteiger partial charge in [0.1, 0.15) is 11.3 Å². The van der Waals surface area contributed by atoms with Gasteiger partial charge < -0.3 is 9.52 Å². The first-order valence-corrected chi connectivity index (χ1v) is 9.25. The van der Waals surface area contributed by atoms with E-state index >= 15 is 0 Å². The molecule has 1 N–H and O–H groups in total. The summed E-state index contributed by atoms with van der Waals surface area (Å²) in [7, 11) is 0. The Morgan fingerprint density at radius 3 is 2.50 bits per heavy atom. The van der Waals surface area contributed by atoms with Crippen LogP contribution in [0.3, 0.4) is 0 Å². The second kappa shape index (κ2) is 7.36. The number of aromatic hydroxyl groups is 1. The molecule has 0 atom stereocenters. The van der Waals surface area contributed by atoms with Gasteiger partial charge in [0, 0.05) is 12.0 Å². The highest BCUT2D eigenvalue weighted by atomic mass is 16.4. The zero-order chi connectivity index (χ0) is 18.7. The van der Waals surface area contributed by atoms with Crippen molar-refractivity contribution in [2.24, 2.45) is 0 Å². The first-order chi connectivity index (χ1) is 12.4. The quantitative estimate of drug-likeness (QED) is 0.592. The van der Waals surface area contributed by atoms with E-state index < -0.39 is 0 Å². The van der Waals surface area contributed by atoms with Gasteiger partial charge in [-0.3, -0.25) is 0 Å². The van der Waals surface area contributed by atoms with Crippen molar-refractivity contribution in [3.63, 3.8) is 0 Å². The van der Waals surface area contributed by atoms with E-state index in [1.54, 1.807) is 6.07 Å². The largest absolute Gasteiger partial charge is 0.507 e. The Morgan fingerprint density at radius 1 is 1.08 bits per heavy atom. The van der Waals surface area contributed by atoms with Crippen molar-refractivity contribution in [1.82, 2.24) is 0 Å². The topological polar surface area (TPSA) is 50.4 Å². The number of rotatable bonds is 6. The van der Waals surface area contributed by atoms with Crippen molar-refractivity contribution in [2.45, 2.75) is 51.9 Å². The number of fused-ring (bicyclic) bond motifs is 1. The third-order valence-electron chi connectivity index (χ3n) is 5.08. The van der Waals surface area contributed by atoms with Gasteiger partial charge in [-0.25, -0.2) is 4.79 Å². The minimum Gasteiger partial charge on any atom is -0.507 e. The molecular formula is C23H26O3. The Balaban J connectivity index is 2.02. The lowest BCUT2D eigenvalue weighted by Gasteiger charge is -2.25. The summed E-state index contributed by atoms with van der Waals surface area (Å²) in [5.74, 6) is 0.167. The molecule has 0 aliphatic heterocycles. The zero-order valence-corrected chi connectivity index (χ0v) is 15.7. The summed E-state index contributed by atoms with van der Waals surface area (Å²) in [6.45, 7) is 6.48. The Kier molecular flexibility index (Phi) is 5.17. The number of unbranched alkanes of at least 4 members (excludes halogenated alkanes) is 1. The molecule has 0 saturated heterocycles. The summed E-state index contributed by atoms with van der Waals surface area (Å²) < 4.78 is 5.57. The van der Waals surface area contributed by atoms with E-state index in [0.717, 1.165) is 30.4 Å². The van der Waals surface area contributed by atoms with Crippen LogP contribution < -0.4 is 5.63 Å². The molecule has 1 aromatic heterocycles. The monoisotopic (exact) mass is 350 g/mol. The summed E-state index contributed by atoms with van der Waals surface area (Å²) in [5.41, 5.74) is 2.61. The van der Waals surface area contributed by atoms with Gasteiger partial charge in [-0.15, -0.1) is 0 Å². The first kappa shape index (κ1) is 18.2. The third kappa shape index (κ3) is 3.82. The van der Waals surface area contributed by atoms with Crippen LogP contribution in [0.15, 0.2) is 57.7 Å². The molecule has 0 fully saturated rings. The molecule has 3 nitrogen and oxygen atoms in total. The van der Waals surface area contributed by atoms with Crippen LogP contribution >= 0.6 is 0 Å². The second-order valence-electron chi connectivity index (χ2n) is 7.62. The van der Waals surface area contributed by atoms with E-state index in [2.05, 4.69) is 20.8 Å². The standard InChI is InChI=1S/C23H26O3/c1-4-5-11-23(2,3)18-14-20(24)19-13-17(22(25)26-21(19)15-18)12-16-9-7-6-8-10-16/h6-10,13-15,24H,4-5,11-12H2,1-3H3. The molecule has 0 amide bonds. The van der Waals surface area contributed by atoms with Crippen LogP contribution in [0.2, 0.25) is 0 Å². The summed E-state index contributed by atoms with van der Waals surface area (Å²) >= 11 is 0. The zero-order valence-electron chi connectivity index (χ0n) is 15.7. The fourth-order valence-electron chi connectivity index (χ4n) is 3.33. The minimum atomic E-state index is -0.343. The lowest BCUT2D eigenvalue weighted by atomic mass is 9.80. The lowest BCUT2D eigenvalue weighted by molar-refractivity contribution is 0.445. The van der Waals surface area contributed by atoms with E-state index in [4.69, 9.17) is 4.42 Å². The molecule has 26 heavy (non-hydrogen) atoms. The van der Waals surface area contributed by atoms with E-state index in [1.807, 2.05) is 42.5 Å². The molecular weight excluding hydrogens is 324 g/mol. The average Bonchev–Trinajstić information content (AvgIpc) is 2.62. The lowest BCUT2D eigenvalue weighted by Crippen LogP contribution is -2.17. The van der Waals surface area contributed by atoms with Crippen LogP contribution in [-0.2, 0) is 11.8 Å². The van der Waals surface area contributed by atoms with Gasteiger partial charge in [-0.05, 0) is 41.2 Å². The second-order valence-corrected chi connectivity index (χ2v) is 7.62. The van der Waals surface area contributed by atoms with Gasteiger partial charge in [0.25, 0.3) is 0 Å². The molecule has 0 saturated carbocycles. The van der Waals surface area contributed by atoms with Crippen LogP contribution in [0.5, 0.6) is 5.75 Å². The van der Waals surface area contributed by atoms with Gasteiger partial charge in [-0.1, -0.05) is 63.9 Å². The fraction of sp³-hybridized carbons (Fsp3) is 0.348. The van der Waals surface area contributed by atoms with E-state index in [9.17, 15) is 9.90 Å². The molecule has 3 heteroatoms. The third-order valence-corrected chi connectivity index (χ3v) is 5.08. The van der Waals surface area contributed by atoms with Gasteiger partial charge in [-0.2, -0.15) is 0 Å². The molecule has 0 unspecified atom stereocenters. The molecule has 0 aliphatic rings. The van der Waals surface area contributed by atoms with Crippen molar-refractivity contribution < 1.29 is 9.52 Å². The number of benzene rings is 2. The van der Waals surface area contributed by atoms with Crippen molar-refractivity contribution in [2.75, 3.05) is 0 Å². The molecule has 3 aromatic rings. The predicted molar refractivity (Wildman–Crippen MR) is 106 cm³/mol. The highest BCUT2D eigenvalue weighted by Crippen LogP contribution is 2.35. The van der Waals surface area contributed by atoms with Crippen LogP contribution in [0.4, 0.5) is 0 Å². The van der Waals surface area contributed by atoms with Crippen molar-refractivity contribution >= 4 is 11.0 Å². The first-order valence-electron chi connectivity index (χ1n) is 9.25. The van der Waals surface area contributed by atoms with Crippen LogP contribution in [0.25, 0.3) is 11.0 Å². The number of hydrogen-bond donors (Lipinski definition) is 1. The van der Waals surface area contributed by atoms with Gasteiger partial charge in [0.2, 0.25) is 0 Å². The molecule has 136 valence electrons. The van der Waals surface area contributed by atoms with Gasteiger partial charge >= 0.3 is 5.63 Å². The smallest absolute Gasteiger partial charge is 0.339 e. The van der Waals surface area contributed by atoms with E-state index in [1.165, 1.54) is 0 Å². The highest BCUT2D eigenvalue weighted by molar-refractivity contribution is 5.84. The maximum absolute atomic E-state index is 12.4. The molecule has 3 rings (SSSR count). The predicted octanol–water partition coefficient (Wildman–Crippen LogP) is 5.56. The molecule has 2 aromatic carbocycles. The van der Waals surface area contributed by atoms with Crippen LogP contribution in [0.1, 0.15) is 56.7 Å². The SMILES string of the molecule is CCCCC(C)(C)c1cc(O)c2cc(Cc3ccccc3)c(=O)oc2c1. The van der Waals surface area contributed by atoms with Crippen molar-refractivity contribution in [3.05, 3.63) is 75.6 Å². The molecule has 0 bridgehead atoms. The molecule has 0 spiro atoms. The normalized spacial score (nSPS) is 11.8. The Labute approximate surface area is 154 Å². The van der Waals surface area contributed by atoms with E-state index in [-0.39, 0.29) is 16.8 Å². The Hall–Kier alpha value is -2.55. The highest BCUT2D eigenvalue weighted by Gasteiger charge is 2.22. The summed E-state index contributed by atoms with van der Waals surface area (Å²) in [5, 5.41) is 11.1. The van der Waals surface area contributed by atoms with Crippen LogP contribution in [-0.4, -0.2) is 5.11 Å². The van der Waals surface area contributed by atoms with E-state index in [0.29, 0.717) is 23.0 Å². The summed E-state index contributed by atoms with van der Waals surface area (Å²) in [4.78, 5) is 12.4. The number of phenolic OH excluding ortho intramolecular Hbond substituents is 1. The van der Waals surface area contributed by atoms with Crippen molar-refractivity contribution in [3.8, 4) is 5.75 Å². The van der Waals surface area contributed by atoms with Gasteiger partial charge in [0.15, 0.2) is 0 Å². The maximum atomic E-state index is 12.4. The minimum absolute atomic E-state index is 0.0804. The molecule has 0 radical (unpaired) electrons. The van der Waals surface area contributed by atoms with Crippen LogP contribution in [0, 0.1) is 0 Å². The molecule has 1 heterocycles. The van der Waals surface area contributed by atoms with Crippen molar-refractivity contribution in [1.29, 1.82) is 0 Å². The number of phenols is 1. The number of hydrogen-bond acceptors (Lipinski definition) is 3. The average molecular weight is 350 g/mol. The maximum Gasteiger partial charge on any atom is 0.339 e. The fourth-order valence-corrected chi connectivity index (χ4v) is 3.33. The molecule has 0 aliphatic carbocycles. The summed E-state index contributed by atoms with van der Waals surface area (Å²) in [6.07, 6.45) is 3.75. The Bertz CT molecular complexity index is 952.